The van der Waals surface area contributed by atoms with E-state index in [1.54, 1.807) is 0 Å². The molecule has 0 spiro atoms. The molecule has 0 radical (unpaired) electrons. The summed E-state index contributed by atoms with van der Waals surface area (Å²) in [6.45, 7) is 0. The summed E-state index contributed by atoms with van der Waals surface area (Å²) >= 11 is 4.92. The van der Waals surface area contributed by atoms with Crippen molar-refractivity contribution >= 4 is 51.7 Å². The van der Waals surface area contributed by atoms with Crippen LogP contribution in [-0.2, 0) is 4.74 Å². The molecule has 0 saturated heterocycles. The van der Waals surface area contributed by atoms with E-state index in [4.69, 9.17) is 0 Å². The number of nitrogens with zero attached hydrogens (tertiary/aromatic N) is 1. The molecular weight excluding hydrogens is 309 g/mol. The van der Waals surface area contributed by atoms with Crippen LogP contribution in [0, 0.1) is 3.70 Å². The number of rotatable bonds is 2. The van der Waals surface area contributed by atoms with Crippen molar-refractivity contribution in [2.75, 3.05) is 13.4 Å². The van der Waals surface area contributed by atoms with Crippen molar-refractivity contribution in [3.63, 3.8) is 0 Å². The Hall–Kier alpha value is 0.180. The average molecular weight is 315 g/mol. The zero-order chi connectivity index (χ0) is 9.14. The number of thiazole rings is 1. The summed E-state index contributed by atoms with van der Waals surface area (Å²) in [6, 6.07) is 0. The largest absolute Gasteiger partial charge is 0.465 e. The Balaban J connectivity index is 2.99. The summed E-state index contributed by atoms with van der Waals surface area (Å²) in [6.07, 6.45) is 1.93. The topological polar surface area (TPSA) is 39.2 Å². The zero-order valence-electron chi connectivity index (χ0n) is 6.46. The van der Waals surface area contributed by atoms with Gasteiger partial charge in [0.25, 0.3) is 0 Å². The van der Waals surface area contributed by atoms with Crippen molar-refractivity contribution in [3.05, 3.63) is 8.58 Å². The van der Waals surface area contributed by atoms with Gasteiger partial charge in [-0.05, 0) is 28.8 Å². The van der Waals surface area contributed by atoms with Gasteiger partial charge in [-0.1, -0.05) is 23.1 Å². The molecule has 1 aromatic rings. The highest BCUT2D eigenvalue weighted by molar-refractivity contribution is 14.1. The average Bonchev–Trinajstić information content (AvgIpc) is 2.45. The number of halogens is 1. The molecule has 12 heavy (non-hydrogen) atoms. The maximum Gasteiger partial charge on any atom is 0.350 e. The van der Waals surface area contributed by atoms with E-state index in [-0.39, 0.29) is 5.97 Å². The molecule has 1 aromatic heterocycles. The van der Waals surface area contributed by atoms with Gasteiger partial charge in [-0.3, -0.25) is 0 Å². The molecule has 0 aliphatic carbocycles. The Morgan fingerprint density at radius 2 is 2.42 bits per heavy atom. The number of hydrogen-bond donors (Lipinski definition) is 0. The molecule has 0 saturated carbocycles. The Morgan fingerprint density at radius 1 is 1.75 bits per heavy atom. The quantitative estimate of drug-likeness (QED) is 0.477. The highest BCUT2D eigenvalue weighted by atomic mass is 127. The first-order valence-electron chi connectivity index (χ1n) is 2.97. The number of methoxy groups -OCH3 is 1. The molecule has 6 heteroatoms. The van der Waals surface area contributed by atoms with Crippen LogP contribution in [0.2, 0.25) is 0 Å². The lowest BCUT2D eigenvalue weighted by atomic mass is 10.6. The van der Waals surface area contributed by atoms with Crippen LogP contribution in [0.15, 0.2) is 4.34 Å². The Labute approximate surface area is 92.0 Å². The van der Waals surface area contributed by atoms with Crippen LogP contribution in [0.4, 0.5) is 0 Å². The number of hydrogen-bond acceptors (Lipinski definition) is 5. The highest BCUT2D eigenvalue weighted by Crippen LogP contribution is 2.27. The van der Waals surface area contributed by atoms with E-state index in [0.29, 0.717) is 8.58 Å². The van der Waals surface area contributed by atoms with Crippen molar-refractivity contribution in [2.45, 2.75) is 4.34 Å². The number of aromatic nitrogens is 1. The van der Waals surface area contributed by atoms with Gasteiger partial charge in [0.1, 0.15) is 8.58 Å². The van der Waals surface area contributed by atoms with Crippen LogP contribution in [0.1, 0.15) is 9.67 Å². The van der Waals surface area contributed by atoms with E-state index < -0.39 is 0 Å². The Kier molecular flexibility index (Phi) is 3.78. The number of carbonyl (C=O) groups excluding carboxylic acids is 1. The molecule has 0 N–H and O–H groups in total. The van der Waals surface area contributed by atoms with E-state index in [9.17, 15) is 4.79 Å². The van der Waals surface area contributed by atoms with Crippen LogP contribution in [-0.4, -0.2) is 24.3 Å². The van der Waals surface area contributed by atoms with E-state index >= 15 is 0 Å². The minimum atomic E-state index is -0.308. The lowest BCUT2D eigenvalue weighted by Crippen LogP contribution is -1.99. The molecular formula is C6H6INO2S2. The fourth-order valence-corrected chi connectivity index (χ4v) is 3.08. The van der Waals surface area contributed by atoms with E-state index in [1.807, 2.05) is 28.8 Å². The first kappa shape index (κ1) is 10.3. The van der Waals surface area contributed by atoms with Crippen LogP contribution < -0.4 is 0 Å². The third kappa shape index (κ3) is 2.11. The molecule has 0 amide bonds. The van der Waals surface area contributed by atoms with Crippen LogP contribution >= 0.6 is 45.7 Å². The number of esters is 1. The second-order valence-corrected chi connectivity index (χ2v) is 4.87. The number of ether oxygens (including phenoxy) is 1. The van der Waals surface area contributed by atoms with Gasteiger partial charge in [0.15, 0.2) is 4.34 Å². The molecule has 1 heterocycles. The zero-order valence-corrected chi connectivity index (χ0v) is 10.2. The smallest absolute Gasteiger partial charge is 0.350 e. The summed E-state index contributed by atoms with van der Waals surface area (Å²) in [5, 5.41) is 0. The second-order valence-electron chi connectivity index (χ2n) is 1.80. The monoisotopic (exact) mass is 315 g/mol. The molecule has 0 unspecified atom stereocenters. The van der Waals surface area contributed by atoms with Crippen LogP contribution in [0.25, 0.3) is 0 Å². The molecule has 0 atom stereocenters. The van der Waals surface area contributed by atoms with Crippen molar-refractivity contribution in [2.24, 2.45) is 0 Å². The lowest BCUT2D eigenvalue weighted by molar-refractivity contribution is 0.0605. The minimum Gasteiger partial charge on any atom is -0.465 e. The Morgan fingerprint density at radius 3 is 2.83 bits per heavy atom. The SMILES string of the molecule is COC(=O)c1sc(SC)nc1I. The van der Waals surface area contributed by atoms with Crippen molar-refractivity contribution in [3.8, 4) is 0 Å². The number of thioether (sulfide) groups is 1. The predicted molar refractivity (Wildman–Crippen MR) is 58.0 cm³/mol. The summed E-state index contributed by atoms with van der Waals surface area (Å²) in [5.41, 5.74) is 0. The fourth-order valence-electron chi connectivity index (χ4n) is 0.589. The molecule has 66 valence electrons. The molecule has 0 aliphatic rings. The van der Waals surface area contributed by atoms with Gasteiger partial charge in [-0.25, -0.2) is 9.78 Å². The fraction of sp³-hybridized carbons (Fsp3) is 0.333. The normalized spacial score (nSPS) is 9.92. The first-order chi connectivity index (χ1) is 5.69. The van der Waals surface area contributed by atoms with Gasteiger partial charge in [0.2, 0.25) is 0 Å². The van der Waals surface area contributed by atoms with E-state index in [0.717, 1.165) is 4.34 Å². The molecule has 1 rings (SSSR count). The van der Waals surface area contributed by atoms with Gasteiger partial charge < -0.3 is 4.74 Å². The van der Waals surface area contributed by atoms with E-state index in [1.165, 1.54) is 30.2 Å². The standard InChI is InChI=1S/C6H6INO2S2/c1-10-5(9)3-4(7)8-6(11-2)12-3/h1-2H3. The molecule has 0 bridgehead atoms. The Bertz CT molecular complexity index is 300. The highest BCUT2D eigenvalue weighted by Gasteiger charge is 2.15. The van der Waals surface area contributed by atoms with Gasteiger partial charge in [0, 0.05) is 0 Å². The number of carbonyl (C=O) groups is 1. The van der Waals surface area contributed by atoms with Crippen LogP contribution in [0.3, 0.4) is 0 Å². The van der Waals surface area contributed by atoms with Gasteiger partial charge in [0.05, 0.1) is 7.11 Å². The van der Waals surface area contributed by atoms with Crippen molar-refractivity contribution < 1.29 is 9.53 Å². The second kappa shape index (κ2) is 4.43. The first-order valence-corrected chi connectivity index (χ1v) is 6.09. The molecule has 3 nitrogen and oxygen atoms in total. The van der Waals surface area contributed by atoms with Gasteiger partial charge in [-0.2, -0.15) is 0 Å². The predicted octanol–water partition coefficient (Wildman–Crippen LogP) is 2.26. The van der Waals surface area contributed by atoms with E-state index in [2.05, 4.69) is 9.72 Å². The van der Waals surface area contributed by atoms with Gasteiger partial charge in [-0.15, -0.1) is 0 Å². The summed E-state index contributed by atoms with van der Waals surface area (Å²) < 4.78 is 6.20. The summed E-state index contributed by atoms with van der Waals surface area (Å²) in [7, 11) is 1.37. The third-order valence-corrected chi connectivity index (χ3v) is 4.28. The van der Waals surface area contributed by atoms with Crippen LogP contribution in [0.5, 0.6) is 0 Å². The maximum atomic E-state index is 11.1. The summed E-state index contributed by atoms with van der Waals surface area (Å²) in [5.74, 6) is -0.308. The van der Waals surface area contributed by atoms with Crippen molar-refractivity contribution in [1.29, 1.82) is 0 Å². The molecule has 0 aromatic carbocycles. The molecule has 0 aliphatic heterocycles. The maximum absolute atomic E-state index is 11.1. The summed E-state index contributed by atoms with van der Waals surface area (Å²) in [4.78, 5) is 15.8. The van der Waals surface area contributed by atoms with Gasteiger partial charge >= 0.3 is 5.97 Å². The molecule has 0 fully saturated rings. The minimum absolute atomic E-state index is 0.308. The van der Waals surface area contributed by atoms with Crippen molar-refractivity contribution in [1.82, 2.24) is 4.98 Å². The lowest BCUT2D eigenvalue weighted by Gasteiger charge is -1.92. The third-order valence-electron chi connectivity index (χ3n) is 1.11.